The van der Waals surface area contributed by atoms with Crippen molar-refractivity contribution in [2.45, 2.75) is 11.5 Å². The van der Waals surface area contributed by atoms with E-state index in [1.54, 1.807) is 0 Å². The molecule has 0 aliphatic rings. The van der Waals surface area contributed by atoms with E-state index in [0.29, 0.717) is 0 Å². The Morgan fingerprint density at radius 2 is 1.12 bits per heavy atom. The molecule has 6 nitrogen and oxygen atoms in total. The van der Waals surface area contributed by atoms with Crippen molar-refractivity contribution < 1.29 is 25.9 Å². The van der Waals surface area contributed by atoms with Gasteiger partial charge in [0.25, 0.3) is 20.2 Å². The number of rotatable bonds is 4. The molecule has 0 spiro atoms. The third-order valence-corrected chi connectivity index (χ3v) is 3.15. The van der Waals surface area contributed by atoms with E-state index in [1.807, 2.05) is 0 Å². The van der Waals surface area contributed by atoms with Gasteiger partial charge in [0, 0.05) is 0 Å². The van der Waals surface area contributed by atoms with Crippen LogP contribution in [0.25, 0.3) is 0 Å². The van der Waals surface area contributed by atoms with Crippen LogP contribution in [0.1, 0.15) is 11.1 Å². The molecule has 0 bridgehead atoms. The summed E-state index contributed by atoms with van der Waals surface area (Å²) in [5.41, 5.74) is 0.283. The number of halogens is 1. The molecule has 0 fully saturated rings. The molecule has 1 aromatic carbocycles. The highest BCUT2D eigenvalue weighted by Crippen LogP contribution is 2.14. The van der Waals surface area contributed by atoms with Gasteiger partial charge in [-0.15, -0.1) is 12.4 Å². The highest BCUT2D eigenvalue weighted by atomic mass is 35.5. The lowest BCUT2D eigenvalue weighted by Crippen LogP contribution is -2.08. The van der Waals surface area contributed by atoms with Gasteiger partial charge in [0.05, 0.1) is 0 Å². The van der Waals surface area contributed by atoms with Crippen LogP contribution in [0.2, 0.25) is 0 Å². The first-order valence-corrected chi connectivity index (χ1v) is 7.36. The molecular weight excluding hydrogens is 292 g/mol. The van der Waals surface area contributed by atoms with Crippen molar-refractivity contribution in [1.82, 2.24) is 0 Å². The molecule has 0 aliphatic carbocycles. The number of hydrogen-bond donors (Lipinski definition) is 2. The zero-order chi connectivity index (χ0) is 12.4. The van der Waals surface area contributed by atoms with Gasteiger partial charge in [0.2, 0.25) is 0 Å². The van der Waals surface area contributed by atoms with Crippen LogP contribution >= 0.6 is 12.4 Å². The van der Waals surface area contributed by atoms with E-state index < -0.39 is 31.7 Å². The van der Waals surface area contributed by atoms with Crippen LogP contribution in [0.15, 0.2) is 24.3 Å². The van der Waals surface area contributed by atoms with Crippen LogP contribution in [-0.4, -0.2) is 25.9 Å². The standard InChI is InChI=1S/C8H10O6S2.ClH/c9-15(10,11)5-7-3-1-2-4-8(7)6-16(12,13)14;/h1-4H,5-6H2,(H,9,10,11)(H,12,13,14);1H. The Balaban J connectivity index is 0.00000256. The van der Waals surface area contributed by atoms with Gasteiger partial charge in [-0.25, -0.2) is 0 Å². The van der Waals surface area contributed by atoms with E-state index in [9.17, 15) is 16.8 Å². The predicted molar refractivity (Wildman–Crippen MR) is 64.2 cm³/mol. The second-order valence-electron chi connectivity index (χ2n) is 3.22. The van der Waals surface area contributed by atoms with Crippen molar-refractivity contribution >= 4 is 32.6 Å². The molecule has 9 heteroatoms. The molecule has 0 amide bonds. The summed E-state index contributed by atoms with van der Waals surface area (Å²) in [5, 5.41) is 0. The zero-order valence-corrected chi connectivity index (χ0v) is 10.9. The Morgan fingerprint density at radius 1 is 0.824 bits per heavy atom. The van der Waals surface area contributed by atoms with Gasteiger partial charge < -0.3 is 0 Å². The van der Waals surface area contributed by atoms with Gasteiger partial charge in [-0.05, 0) is 11.1 Å². The van der Waals surface area contributed by atoms with E-state index in [-0.39, 0.29) is 23.5 Å². The maximum Gasteiger partial charge on any atom is 0.269 e. The molecule has 0 aromatic heterocycles. The van der Waals surface area contributed by atoms with E-state index in [2.05, 4.69) is 0 Å². The summed E-state index contributed by atoms with van der Waals surface area (Å²) in [4.78, 5) is 0. The van der Waals surface area contributed by atoms with Crippen LogP contribution in [0.4, 0.5) is 0 Å². The first kappa shape index (κ1) is 16.3. The monoisotopic (exact) mass is 302 g/mol. The third-order valence-electron chi connectivity index (χ3n) is 1.79. The Hall–Kier alpha value is -0.670. The maximum absolute atomic E-state index is 10.7. The Bertz CT molecular complexity index is 525. The largest absolute Gasteiger partial charge is 0.285 e. The molecule has 0 aliphatic heterocycles. The van der Waals surface area contributed by atoms with Crippen LogP contribution in [-0.2, 0) is 31.7 Å². The normalized spacial score (nSPS) is 11.9. The quantitative estimate of drug-likeness (QED) is 0.799. The second kappa shape index (κ2) is 5.78. The topological polar surface area (TPSA) is 109 Å². The minimum Gasteiger partial charge on any atom is -0.285 e. The summed E-state index contributed by atoms with van der Waals surface area (Å²) in [7, 11) is -8.46. The minimum absolute atomic E-state index is 0. The van der Waals surface area contributed by atoms with Crippen molar-refractivity contribution in [3.8, 4) is 0 Å². The van der Waals surface area contributed by atoms with Crippen molar-refractivity contribution in [2.24, 2.45) is 0 Å². The average molecular weight is 303 g/mol. The fraction of sp³-hybridized carbons (Fsp3) is 0.250. The van der Waals surface area contributed by atoms with Crippen LogP contribution in [0.3, 0.4) is 0 Å². The second-order valence-corrected chi connectivity index (χ2v) is 6.13. The summed E-state index contributed by atoms with van der Waals surface area (Å²) < 4.78 is 60.0. The van der Waals surface area contributed by atoms with Crippen LogP contribution in [0, 0.1) is 0 Å². The summed E-state index contributed by atoms with van der Waals surface area (Å²) in [6, 6.07) is 5.75. The zero-order valence-electron chi connectivity index (χ0n) is 8.48. The van der Waals surface area contributed by atoms with Crippen LogP contribution in [0.5, 0.6) is 0 Å². The predicted octanol–water partition coefficient (Wildman–Crippen LogP) is 0.884. The summed E-state index contributed by atoms with van der Waals surface area (Å²) in [6.45, 7) is 0. The Kier molecular flexibility index (Phi) is 5.56. The lowest BCUT2D eigenvalue weighted by Gasteiger charge is -2.05. The van der Waals surface area contributed by atoms with E-state index >= 15 is 0 Å². The molecule has 0 heterocycles. The molecule has 0 radical (unpaired) electrons. The molecule has 17 heavy (non-hydrogen) atoms. The van der Waals surface area contributed by atoms with Gasteiger partial charge >= 0.3 is 0 Å². The molecule has 0 atom stereocenters. The molecule has 2 N–H and O–H groups in total. The van der Waals surface area contributed by atoms with E-state index in [1.165, 1.54) is 24.3 Å². The summed E-state index contributed by atoms with van der Waals surface area (Å²) >= 11 is 0. The van der Waals surface area contributed by atoms with Gasteiger partial charge in [0.15, 0.2) is 0 Å². The maximum atomic E-state index is 10.7. The Morgan fingerprint density at radius 3 is 1.35 bits per heavy atom. The van der Waals surface area contributed by atoms with E-state index in [4.69, 9.17) is 9.11 Å². The molecule has 98 valence electrons. The SMILES string of the molecule is Cl.O=S(=O)(O)Cc1ccccc1CS(=O)(=O)O. The van der Waals surface area contributed by atoms with Crippen molar-refractivity contribution in [1.29, 1.82) is 0 Å². The molecule has 1 aromatic rings. The molecule has 0 unspecified atom stereocenters. The first-order chi connectivity index (χ1) is 7.17. The highest BCUT2D eigenvalue weighted by molar-refractivity contribution is 7.85. The van der Waals surface area contributed by atoms with Crippen molar-refractivity contribution in [3.63, 3.8) is 0 Å². The third kappa shape index (κ3) is 6.59. The summed E-state index contributed by atoms with van der Waals surface area (Å²) in [6.07, 6.45) is 0. The molecule has 0 saturated carbocycles. The van der Waals surface area contributed by atoms with Gasteiger partial charge in [-0.3, -0.25) is 9.11 Å². The number of benzene rings is 1. The minimum atomic E-state index is -4.23. The van der Waals surface area contributed by atoms with Crippen LogP contribution < -0.4 is 0 Å². The molecule has 1 rings (SSSR count). The molecular formula is C8H11ClO6S2. The molecule has 0 saturated heterocycles. The van der Waals surface area contributed by atoms with Gasteiger partial charge in [-0.2, -0.15) is 16.8 Å². The van der Waals surface area contributed by atoms with Gasteiger partial charge in [-0.1, -0.05) is 24.3 Å². The lowest BCUT2D eigenvalue weighted by atomic mass is 10.1. The fourth-order valence-corrected chi connectivity index (χ4v) is 2.58. The van der Waals surface area contributed by atoms with Crippen molar-refractivity contribution in [3.05, 3.63) is 35.4 Å². The first-order valence-electron chi connectivity index (χ1n) is 4.14. The van der Waals surface area contributed by atoms with Crippen molar-refractivity contribution in [2.75, 3.05) is 0 Å². The lowest BCUT2D eigenvalue weighted by molar-refractivity contribution is 0.477. The average Bonchev–Trinajstić information content (AvgIpc) is 2.03. The van der Waals surface area contributed by atoms with E-state index in [0.717, 1.165) is 0 Å². The Labute approximate surface area is 106 Å². The summed E-state index contributed by atoms with van der Waals surface area (Å²) in [5.74, 6) is -1.36. The highest BCUT2D eigenvalue weighted by Gasteiger charge is 2.14. The fourth-order valence-electron chi connectivity index (χ4n) is 1.23. The number of hydrogen-bond acceptors (Lipinski definition) is 4. The smallest absolute Gasteiger partial charge is 0.269 e. The van der Waals surface area contributed by atoms with Gasteiger partial charge in [0.1, 0.15) is 11.5 Å².